The van der Waals surface area contributed by atoms with Crippen molar-refractivity contribution in [3.05, 3.63) is 0 Å². The lowest BCUT2D eigenvalue weighted by atomic mass is 9.62. The Morgan fingerprint density at radius 1 is 0.611 bits per heavy atom. The van der Waals surface area contributed by atoms with Gasteiger partial charge in [-0.15, -0.1) is 0 Å². The monoisotopic (exact) mass is 248 g/mol. The first-order valence-corrected chi connectivity index (χ1v) is 8.84. The molecular weight excluding hydrogens is 216 g/mol. The molecule has 2 unspecified atom stereocenters. The van der Waals surface area contributed by atoms with Crippen LogP contribution in [-0.2, 0) is 0 Å². The maximum absolute atomic E-state index is 2.60. The van der Waals surface area contributed by atoms with Crippen LogP contribution in [-0.4, -0.2) is 0 Å². The highest BCUT2D eigenvalue weighted by atomic mass is 14.4. The summed E-state index contributed by atoms with van der Waals surface area (Å²) in [6.07, 6.45) is 18.6. The summed E-state index contributed by atoms with van der Waals surface area (Å²) in [5.74, 6) is 5.47. The second-order valence-electron chi connectivity index (χ2n) is 7.63. The average molecular weight is 248 g/mol. The van der Waals surface area contributed by atoms with E-state index in [1.165, 1.54) is 32.1 Å². The Balaban J connectivity index is 1.55. The fourth-order valence-corrected chi connectivity index (χ4v) is 5.43. The molecule has 104 valence electrons. The molecule has 0 N–H and O–H groups in total. The highest BCUT2D eigenvalue weighted by Crippen LogP contribution is 2.47. The van der Waals surface area contributed by atoms with E-state index in [2.05, 4.69) is 6.92 Å². The van der Waals surface area contributed by atoms with Crippen molar-refractivity contribution in [3.63, 3.8) is 0 Å². The molecule has 0 amide bonds. The van der Waals surface area contributed by atoms with Crippen LogP contribution in [0.1, 0.15) is 84.0 Å². The fourth-order valence-electron chi connectivity index (χ4n) is 5.43. The minimum absolute atomic E-state index is 1.04. The lowest BCUT2D eigenvalue weighted by Gasteiger charge is -2.43. The lowest BCUT2D eigenvalue weighted by Crippen LogP contribution is -2.33. The summed E-state index contributed by atoms with van der Waals surface area (Å²) >= 11 is 0. The van der Waals surface area contributed by atoms with Crippen LogP contribution in [0.2, 0.25) is 0 Å². The standard InChI is InChI=1S/C18H32/c1-14(15-7-3-2-4-8-15)17-12-11-16-9-5-6-10-18(16)13-17/h14-18H,2-13H2,1H3/t14?,16-,17?,18+/m1/s1. The summed E-state index contributed by atoms with van der Waals surface area (Å²) in [5, 5.41) is 0. The van der Waals surface area contributed by atoms with Crippen molar-refractivity contribution in [2.24, 2.45) is 29.6 Å². The summed E-state index contributed by atoms with van der Waals surface area (Å²) in [6.45, 7) is 2.60. The largest absolute Gasteiger partial charge is 0.0620 e. The summed E-state index contributed by atoms with van der Waals surface area (Å²) in [4.78, 5) is 0. The van der Waals surface area contributed by atoms with E-state index in [1.807, 2.05) is 0 Å². The van der Waals surface area contributed by atoms with Gasteiger partial charge in [0.2, 0.25) is 0 Å². The molecule has 0 heteroatoms. The Hall–Kier alpha value is 0. The van der Waals surface area contributed by atoms with Crippen molar-refractivity contribution in [3.8, 4) is 0 Å². The van der Waals surface area contributed by atoms with E-state index in [4.69, 9.17) is 0 Å². The summed E-state index contributed by atoms with van der Waals surface area (Å²) in [7, 11) is 0. The van der Waals surface area contributed by atoms with Crippen LogP contribution < -0.4 is 0 Å². The number of hydrogen-bond donors (Lipinski definition) is 0. The van der Waals surface area contributed by atoms with Gasteiger partial charge in [-0.1, -0.05) is 64.7 Å². The molecule has 0 aliphatic heterocycles. The minimum Gasteiger partial charge on any atom is -0.0620 e. The molecule has 0 radical (unpaired) electrons. The Bertz CT molecular complexity index is 248. The van der Waals surface area contributed by atoms with E-state index in [0.717, 1.165) is 29.6 Å². The molecule has 3 fully saturated rings. The first-order chi connectivity index (χ1) is 8.84. The van der Waals surface area contributed by atoms with E-state index >= 15 is 0 Å². The summed E-state index contributed by atoms with van der Waals surface area (Å²) < 4.78 is 0. The molecule has 0 nitrogen and oxygen atoms in total. The zero-order valence-electron chi connectivity index (χ0n) is 12.4. The molecule has 3 aliphatic rings. The Morgan fingerprint density at radius 3 is 2.06 bits per heavy atom. The maximum Gasteiger partial charge on any atom is -0.0383 e. The van der Waals surface area contributed by atoms with Gasteiger partial charge >= 0.3 is 0 Å². The van der Waals surface area contributed by atoms with Gasteiger partial charge in [0, 0.05) is 0 Å². The van der Waals surface area contributed by atoms with Gasteiger partial charge < -0.3 is 0 Å². The van der Waals surface area contributed by atoms with Gasteiger partial charge in [0.05, 0.1) is 0 Å². The number of rotatable bonds is 2. The van der Waals surface area contributed by atoms with Gasteiger partial charge in [-0.25, -0.2) is 0 Å². The second kappa shape index (κ2) is 5.97. The van der Waals surface area contributed by atoms with Crippen LogP contribution in [0.15, 0.2) is 0 Å². The third-order valence-electron chi connectivity index (χ3n) is 6.72. The number of hydrogen-bond acceptors (Lipinski definition) is 0. The normalized spacial score (nSPS) is 40.2. The van der Waals surface area contributed by atoms with Crippen molar-refractivity contribution in [1.29, 1.82) is 0 Å². The average Bonchev–Trinajstić information content (AvgIpc) is 2.47. The van der Waals surface area contributed by atoms with Crippen LogP contribution >= 0.6 is 0 Å². The molecule has 0 aromatic heterocycles. The first-order valence-electron chi connectivity index (χ1n) is 8.84. The summed E-state index contributed by atoms with van der Waals surface area (Å²) in [6, 6.07) is 0. The zero-order chi connectivity index (χ0) is 12.4. The molecule has 0 heterocycles. The molecule has 0 saturated heterocycles. The SMILES string of the molecule is CC(C1CCCCC1)C1CC[C@H]2CCCC[C@H]2C1. The smallest absolute Gasteiger partial charge is 0.0383 e. The predicted molar refractivity (Wildman–Crippen MR) is 78.5 cm³/mol. The zero-order valence-corrected chi connectivity index (χ0v) is 12.4. The molecule has 3 aliphatic carbocycles. The van der Waals surface area contributed by atoms with E-state index in [-0.39, 0.29) is 0 Å². The van der Waals surface area contributed by atoms with E-state index in [1.54, 1.807) is 44.9 Å². The van der Waals surface area contributed by atoms with Gasteiger partial charge in [0.15, 0.2) is 0 Å². The Kier molecular flexibility index (Phi) is 4.31. The molecule has 0 bridgehead atoms. The van der Waals surface area contributed by atoms with Crippen molar-refractivity contribution >= 4 is 0 Å². The van der Waals surface area contributed by atoms with Gasteiger partial charge in [-0.3, -0.25) is 0 Å². The predicted octanol–water partition coefficient (Wildman–Crippen LogP) is 5.81. The Morgan fingerprint density at radius 2 is 1.28 bits per heavy atom. The van der Waals surface area contributed by atoms with E-state index in [0.29, 0.717) is 0 Å². The third kappa shape index (κ3) is 2.78. The molecule has 3 saturated carbocycles. The summed E-state index contributed by atoms with van der Waals surface area (Å²) in [5.41, 5.74) is 0. The van der Waals surface area contributed by atoms with Crippen molar-refractivity contribution < 1.29 is 0 Å². The first kappa shape index (κ1) is 13.0. The van der Waals surface area contributed by atoms with E-state index < -0.39 is 0 Å². The van der Waals surface area contributed by atoms with Crippen LogP contribution in [0, 0.1) is 29.6 Å². The van der Waals surface area contributed by atoms with Gasteiger partial charge in [0.1, 0.15) is 0 Å². The van der Waals surface area contributed by atoms with Crippen LogP contribution in [0.3, 0.4) is 0 Å². The van der Waals surface area contributed by atoms with Gasteiger partial charge in [0.25, 0.3) is 0 Å². The molecule has 3 rings (SSSR count). The molecule has 0 aromatic carbocycles. The second-order valence-corrected chi connectivity index (χ2v) is 7.63. The highest BCUT2D eigenvalue weighted by molar-refractivity contribution is 4.87. The van der Waals surface area contributed by atoms with Crippen molar-refractivity contribution in [2.45, 2.75) is 84.0 Å². The molecule has 4 atom stereocenters. The Labute approximate surface area is 114 Å². The molecule has 0 aromatic rings. The lowest BCUT2D eigenvalue weighted by molar-refractivity contribution is 0.0751. The van der Waals surface area contributed by atoms with Gasteiger partial charge in [-0.2, -0.15) is 0 Å². The molecular formula is C18H32. The van der Waals surface area contributed by atoms with E-state index in [9.17, 15) is 0 Å². The van der Waals surface area contributed by atoms with Crippen molar-refractivity contribution in [1.82, 2.24) is 0 Å². The fraction of sp³-hybridized carbons (Fsp3) is 1.00. The van der Waals surface area contributed by atoms with Crippen molar-refractivity contribution in [2.75, 3.05) is 0 Å². The number of fused-ring (bicyclic) bond motifs is 1. The topological polar surface area (TPSA) is 0 Å². The van der Waals surface area contributed by atoms with Crippen LogP contribution in [0.25, 0.3) is 0 Å². The van der Waals surface area contributed by atoms with Gasteiger partial charge in [-0.05, 0) is 48.9 Å². The maximum atomic E-state index is 2.60. The molecule has 0 spiro atoms. The van der Waals surface area contributed by atoms with Crippen LogP contribution in [0.5, 0.6) is 0 Å². The third-order valence-corrected chi connectivity index (χ3v) is 6.72. The highest BCUT2D eigenvalue weighted by Gasteiger charge is 2.36. The minimum atomic E-state index is 1.04. The quantitative estimate of drug-likeness (QED) is 0.578. The van der Waals surface area contributed by atoms with Crippen LogP contribution in [0.4, 0.5) is 0 Å². The molecule has 18 heavy (non-hydrogen) atoms.